The van der Waals surface area contributed by atoms with E-state index in [4.69, 9.17) is 18.9 Å². The molecule has 0 aromatic heterocycles. The van der Waals surface area contributed by atoms with Gasteiger partial charge in [-0.05, 0) is 42.8 Å². The van der Waals surface area contributed by atoms with Gasteiger partial charge in [-0.1, -0.05) is 6.92 Å². The normalized spacial score (nSPS) is 21.6. The van der Waals surface area contributed by atoms with Gasteiger partial charge in [0.2, 0.25) is 0 Å². The van der Waals surface area contributed by atoms with E-state index in [9.17, 15) is 4.79 Å². The smallest absolute Gasteiger partial charge is 0.139 e. The van der Waals surface area contributed by atoms with E-state index in [1.54, 1.807) is 28.4 Å². The summed E-state index contributed by atoms with van der Waals surface area (Å²) in [6.45, 7) is 2.04. The quantitative estimate of drug-likeness (QED) is 0.756. The second-order valence-corrected chi connectivity index (χ2v) is 7.10. The third-order valence-electron chi connectivity index (χ3n) is 5.63. The number of carbonyl (C=O) groups is 1. The summed E-state index contributed by atoms with van der Waals surface area (Å²) in [7, 11) is 6.53. The maximum Gasteiger partial charge on any atom is 0.139 e. The molecule has 1 aliphatic heterocycles. The van der Waals surface area contributed by atoms with Gasteiger partial charge in [0.15, 0.2) is 0 Å². The highest BCUT2D eigenvalue weighted by Gasteiger charge is 2.39. The SMILES string of the molecule is CCC1C(=O)CC(c2cc(OC)ccc2OC)NC1c1cc(OC)ccc1OC. The number of ketones is 1. The Morgan fingerprint density at radius 1 is 0.862 bits per heavy atom. The summed E-state index contributed by atoms with van der Waals surface area (Å²) in [6, 6.07) is 10.9. The molecule has 1 heterocycles. The number of Topliss-reactive ketones (excluding diaryl/α,β-unsaturated/α-hetero) is 1. The van der Waals surface area contributed by atoms with Crippen LogP contribution in [0.1, 0.15) is 43.0 Å². The lowest BCUT2D eigenvalue weighted by Crippen LogP contribution is -2.42. The molecule has 6 nitrogen and oxygen atoms in total. The van der Waals surface area contributed by atoms with Crippen LogP contribution in [-0.4, -0.2) is 34.2 Å². The monoisotopic (exact) mass is 399 g/mol. The van der Waals surface area contributed by atoms with Gasteiger partial charge in [0.05, 0.1) is 28.4 Å². The highest BCUT2D eigenvalue weighted by molar-refractivity contribution is 5.84. The Balaban J connectivity index is 2.05. The Morgan fingerprint density at radius 3 is 1.93 bits per heavy atom. The zero-order valence-corrected chi connectivity index (χ0v) is 17.7. The highest BCUT2D eigenvalue weighted by atomic mass is 16.5. The van der Waals surface area contributed by atoms with Crippen molar-refractivity contribution in [1.82, 2.24) is 5.32 Å². The lowest BCUT2D eigenvalue weighted by Gasteiger charge is -2.37. The molecule has 0 spiro atoms. The molecule has 3 rings (SSSR count). The molecule has 1 N–H and O–H groups in total. The molecular formula is C23H29NO5. The van der Waals surface area contributed by atoms with E-state index in [0.717, 1.165) is 40.5 Å². The summed E-state index contributed by atoms with van der Waals surface area (Å²) in [5, 5.41) is 3.68. The minimum atomic E-state index is -0.202. The minimum absolute atomic E-state index is 0.149. The molecule has 3 atom stereocenters. The van der Waals surface area contributed by atoms with Gasteiger partial charge in [-0.15, -0.1) is 0 Å². The van der Waals surface area contributed by atoms with Gasteiger partial charge in [-0.3, -0.25) is 4.79 Å². The summed E-state index contributed by atoms with van der Waals surface area (Å²) in [4.78, 5) is 13.1. The van der Waals surface area contributed by atoms with Gasteiger partial charge in [-0.25, -0.2) is 0 Å². The van der Waals surface area contributed by atoms with Crippen molar-refractivity contribution < 1.29 is 23.7 Å². The van der Waals surface area contributed by atoms with Crippen molar-refractivity contribution in [3.05, 3.63) is 47.5 Å². The van der Waals surface area contributed by atoms with Crippen LogP contribution in [0.15, 0.2) is 36.4 Å². The van der Waals surface area contributed by atoms with E-state index >= 15 is 0 Å². The molecule has 6 heteroatoms. The summed E-state index contributed by atoms with van der Waals surface area (Å²) in [5.74, 6) is 2.98. The number of ether oxygens (including phenoxy) is 4. The molecule has 1 fully saturated rings. The number of piperidine rings is 1. The fraction of sp³-hybridized carbons (Fsp3) is 0.435. The lowest BCUT2D eigenvalue weighted by atomic mass is 9.79. The van der Waals surface area contributed by atoms with E-state index in [2.05, 4.69) is 5.32 Å². The van der Waals surface area contributed by atoms with Crippen molar-refractivity contribution in [2.24, 2.45) is 5.92 Å². The van der Waals surface area contributed by atoms with Crippen molar-refractivity contribution in [3.63, 3.8) is 0 Å². The molecule has 3 unspecified atom stereocenters. The Bertz CT molecular complexity index is 866. The first kappa shape index (κ1) is 21.0. The van der Waals surface area contributed by atoms with Crippen molar-refractivity contribution >= 4 is 5.78 Å². The molecule has 156 valence electrons. The van der Waals surface area contributed by atoms with Gasteiger partial charge in [0.25, 0.3) is 0 Å². The number of nitrogens with one attached hydrogen (secondary N) is 1. The van der Waals surface area contributed by atoms with Crippen LogP contribution in [0.5, 0.6) is 23.0 Å². The number of hydrogen-bond donors (Lipinski definition) is 1. The van der Waals surface area contributed by atoms with Crippen LogP contribution >= 0.6 is 0 Å². The second-order valence-electron chi connectivity index (χ2n) is 7.10. The predicted molar refractivity (Wildman–Crippen MR) is 111 cm³/mol. The lowest BCUT2D eigenvalue weighted by molar-refractivity contribution is -0.126. The van der Waals surface area contributed by atoms with Gasteiger partial charge in [-0.2, -0.15) is 0 Å². The average Bonchev–Trinajstić information content (AvgIpc) is 2.77. The van der Waals surface area contributed by atoms with Crippen LogP contribution in [0.2, 0.25) is 0 Å². The molecule has 1 aliphatic rings. The van der Waals surface area contributed by atoms with E-state index < -0.39 is 0 Å². The van der Waals surface area contributed by atoms with Crippen molar-refractivity contribution in [2.45, 2.75) is 31.8 Å². The van der Waals surface area contributed by atoms with E-state index in [1.807, 2.05) is 43.3 Å². The van der Waals surface area contributed by atoms with Crippen molar-refractivity contribution in [3.8, 4) is 23.0 Å². The Kier molecular flexibility index (Phi) is 6.64. The Hall–Kier alpha value is -2.73. The van der Waals surface area contributed by atoms with Crippen LogP contribution in [0.3, 0.4) is 0 Å². The maximum atomic E-state index is 13.1. The van der Waals surface area contributed by atoms with Gasteiger partial charge >= 0.3 is 0 Å². The summed E-state index contributed by atoms with van der Waals surface area (Å²) < 4.78 is 22.0. The zero-order chi connectivity index (χ0) is 21.0. The first-order valence-electron chi connectivity index (χ1n) is 9.78. The summed E-state index contributed by atoms with van der Waals surface area (Å²) >= 11 is 0. The number of benzene rings is 2. The Morgan fingerprint density at radius 2 is 1.41 bits per heavy atom. The molecule has 0 aliphatic carbocycles. The maximum absolute atomic E-state index is 13.1. The van der Waals surface area contributed by atoms with Crippen molar-refractivity contribution in [2.75, 3.05) is 28.4 Å². The number of hydrogen-bond acceptors (Lipinski definition) is 6. The summed E-state index contributed by atoms with van der Waals surface area (Å²) in [6.07, 6.45) is 1.13. The van der Waals surface area contributed by atoms with Crippen molar-refractivity contribution in [1.29, 1.82) is 0 Å². The second kappa shape index (κ2) is 9.18. The standard InChI is InChI=1S/C23H29NO5/c1-6-16-20(25)13-19(17-11-14(26-2)7-9-21(17)28-4)24-23(16)18-12-15(27-3)8-10-22(18)29-5/h7-12,16,19,23-24H,6,13H2,1-5H3. The largest absolute Gasteiger partial charge is 0.497 e. The number of carbonyl (C=O) groups excluding carboxylic acids is 1. The number of methoxy groups -OCH3 is 4. The predicted octanol–water partition coefficient (Wildman–Crippen LogP) is 4.09. The fourth-order valence-electron chi connectivity index (χ4n) is 4.09. The molecule has 0 amide bonds. The summed E-state index contributed by atoms with van der Waals surface area (Å²) in [5.41, 5.74) is 1.82. The first-order valence-corrected chi connectivity index (χ1v) is 9.78. The fourth-order valence-corrected chi connectivity index (χ4v) is 4.09. The van der Waals surface area contributed by atoms with Crippen LogP contribution in [0.25, 0.3) is 0 Å². The molecule has 2 aromatic carbocycles. The molecule has 0 saturated carbocycles. The van der Waals surface area contributed by atoms with Crippen LogP contribution < -0.4 is 24.3 Å². The zero-order valence-electron chi connectivity index (χ0n) is 17.7. The van der Waals surface area contributed by atoms with Gasteiger partial charge < -0.3 is 24.3 Å². The molecule has 0 bridgehead atoms. The topological polar surface area (TPSA) is 66.0 Å². The van der Waals surface area contributed by atoms with Crippen LogP contribution in [0, 0.1) is 5.92 Å². The highest BCUT2D eigenvalue weighted by Crippen LogP contribution is 2.43. The molecule has 29 heavy (non-hydrogen) atoms. The van der Waals surface area contributed by atoms with Gasteiger partial charge in [0.1, 0.15) is 28.8 Å². The molecule has 2 aromatic rings. The molecule has 0 radical (unpaired) electrons. The minimum Gasteiger partial charge on any atom is -0.497 e. The first-order chi connectivity index (χ1) is 14.1. The average molecular weight is 399 g/mol. The molecule has 1 saturated heterocycles. The van der Waals surface area contributed by atoms with E-state index in [-0.39, 0.29) is 23.8 Å². The number of rotatable bonds is 7. The molecular weight excluding hydrogens is 370 g/mol. The van der Waals surface area contributed by atoms with Gasteiger partial charge in [0, 0.05) is 35.5 Å². The third-order valence-corrected chi connectivity index (χ3v) is 5.63. The van der Waals surface area contributed by atoms with Crippen LogP contribution in [-0.2, 0) is 4.79 Å². The van der Waals surface area contributed by atoms with Crippen LogP contribution in [0.4, 0.5) is 0 Å². The van der Waals surface area contributed by atoms with E-state index in [1.165, 1.54) is 0 Å². The van der Waals surface area contributed by atoms with E-state index in [0.29, 0.717) is 6.42 Å². The Labute approximate surface area is 172 Å². The third kappa shape index (κ3) is 4.17.